The highest BCUT2D eigenvalue weighted by atomic mass is 16.5. The number of aromatic nitrogens is 2. The lowest BCUT2D eigenvalue weighted by molar-refractivity contribution is 0.198. The van der Waals surface area contributed by atoms with Crippen LogP contribution in [0.5, 0.6) is 5.75 Å². The first-order chi connectivity index (χ1) is 9.60. The third-order valence-electron chi connectivity index (χ3n) is 3.02. The lowest BCUT2D eigenvalue weighted by Crippen LogP contribution is -1.99. The molecule has 0 bridgehead atoms. The third-order valence-corrected chi connectivity index (χ3v) is 3.02. The van der Waals surface area contributed by atoms with Crippen LogP contribution in [0.4, 0.5) is 0 Å². The summed E-state index contributed by atoms with van der Waals surface area (Å²) >= 11 is 0. The van der Waals surface area contributed by atoms with E-state index in [1.54, 1.807) is 6.92 Å². The molecule has 1 N–H and O–H groups in total. The Hall–Kier alpha value is -1.88. The number of aliphatic hydroxyl groups excluding tert-OH is 1. The fraction of sp³-hybridized carbons (Fsp3) is 0.467. The van der Waals surface area contributed by atoms with Gasteiger partial charge in [-0.25, -0.2) is 0 Å². The van der Waals surface area contributed by atoms with E-state index in [1.807, 2.05) is 25.1 Å². The van der Waals surface area contributed by atoms with Gasteiger partial charge in [-0.3, -0.25) is 0 Å². The first-order valence-electron chi connectivity index (χ1n) is 6.83. The molecular formula is C15H20N2O3. The summed E-state index contributed by atoms with van der Waals surface area (Å²) in [7, 11) is 0. The van der Waals surface area contributed by atoms with Crippen molar-refractivity contribution in [2.75, 3.05) is 0 Å². The molecule has 20 heavy (non-hydrogen) atoms. The van der Waals surface area contributed by atoms with E-state index < -0.39 is 6.10 Å². The van der Waals surface area contributed by atoms with Crippen LogP contribution in [0.25, 0.3) is 0 Å². The standard InChI is InChI=1S/C15H20N2O3/c1-4-5-14-16-15(20-17-14)9-19-13-7-6-12(11(3)18)8-10(13)2/h6-8,11,18H,4-5,9H2,1-3H3. The van der Waals surface area contributed by atoms with Gasteiger partial charge >= 0.3 is 0 Å². The Morgan fingerprint density at radius 1 is 1.40 bits per heavy atom. The van der Waals surface area contributed by atoms with E-state index in [4.69, 9.17) is 9.26 Å². The van der Waals surface area contributed by atoms with Crippen LogP contribution >= 0.6 is 0 Å². The Balaban J connectivity index is 1.99. The molecule has 0 saturated carbocycles. The number of nitrogens with zero attached hydrogens (tertiary/aromatic N) is 2. The van der Waals surface area contributed by atoms with Crippen LogP contribution in [0.1, 0.15) is 49.2 Å². The summed E-state index contributed by atoms with van der Waals surface area (Å²) in [5, 5.41) is 13.4. The highest BCUT2D eigenvalue weighted by Gasteiger charge is 2.09. The molecule has 0 aliphatic carbocycles. The van der Waals surface area contributed by atoms with Gasteiger partial charge in [0.1, 0.15) is 5.75 Å². The maximum Gasteiger partial charge on any atom is 0.264 e. The topological polar surface area (TPSA) is 68.4 Å². The molecule has 5 heteroatoms. The molecule has 0 fully saturated rings. The quantitative estimate of drug-likeness (QED) is 0.878. The minimum absolute atomic E-state index is 0.256. The average molecular weight is 276 g/mol. The van der Waals surface area contributed by atoms with E-state index in [0.717, 1.165) is 29.7 Å². The molecule has 2 aromatic rings. The monoisotopic (exact) mass is 276 g/mol. The smallest absolute Gasteiger partial charge is 0.264 e. The van der Waals surface area contributed by atoms with Crippen LogP contribution in [0.2, 0.25) is 0 Å². The molecule has 0 radical (unpaired) electrons. The van der Waals surface area contributed by atoms with E-state index >= 15 is 0 Å². The van der Waals surface area contributed by atoms with E-state index in [9.17, 15) is 5.11 Å². The fourth-order valence-corrected chi connectivity index (χ4v) is 1.91. The molecule has 1 aromatic carbocycles. The summed E-state index contributed by atoms with van der Waals surface area (Å²) in [5.74, 6) is 1.95. The summed E-state index contributed by atoms with van der Waals surface area (Å²) in [6, 6.07) is 5.61. The maximum absolute atomic E-state index is 9.53. The molecule has 2 rings (SSSR count). The second-order valence-corrected chi connectivity index (χ2v) is 4.84. The average Bonchev–Trinajstić information content (AvgIpc) is 2.85. The van der Waals surface area contributed by atoms with Gasteiger partial charge < -0.3 is 14.4 Å². The summed E-state index contributed by atoms with van der Waals surface area (Å²) in [4.78, 5) is 4.25. The molecule has 0 saturated heterocycles. The largest absolute Gasteiger partial charge is 0.483 e. The Labute approximate surface area is 118 Å². The van der Waals surface area contributed by atoms with Crippen molar-refractivity contribution in [3.05, 3.63) is 41.0 Å². The van der Waals surface area contributed by atoms with Gasteiger partial charge in [-0.15, -0.1) is 0 Å². The molecule has 0 aliphatic heterocycles. The molecule has 1 heterocycles. The number of aliphatic hydroxyl groups is 1. The van der Waals surface area contributed by atoms with Gasteiger partial charge in [0.2, 0.25) is 0 Å². The predicted octanol–water partition coefficient (Wildman–Crippen LogP) is 2.96. The highest BCUT2D eigenvalue weighted by Crippen LogP contribution is 2.23. The molecule has 1 unspecified atom stereocenters. The molecular weight excluding hydrogens is 256 g/mol. The van der Waals surface area contributed by atoms with Crippen molar-refractivity contribution in [1.82, 2.24) is 10.1 Å². The van der Waals surface area contributed by atoms with Crippen molar-refractivity contribution >= 4 is 0 Å². The van der Waals surface area contributed by atoms with Crippen LogP contribution in [-0.4, -0.2) is 15.2 Å². The number of hydrogen-bond donors (Lipinski definition) is 1. The Morgan fingerprint density at radius 2 is 2.20 bits per heavy atom. The minimum atomic E-state index is -0.477. The highest BCUT2D eigenvalue weighted by molar-refractivity contribution is 5.36. The van der Waals surface area contributed by atoms with Crippen molar-refractivity contribution in [2.45, 2.75) is 46.3 Å². The van der Waals surface area contributed by atoms with E-state index in [-0.39, 0.29) is 6.61 Å². The van der Waals surface area contributed by atoms with Crippen molar-refractivity contribution in [2.24, 2.45) is 0 Å². The SMILES string of the molecule is CCCc1noc(COc2ccc(C(C)O)cc2C)n1. The van der Waals surface area contributed by atoms with Gasteiger partial charge in [0.05, 0.1) is 6.10 Å². The number of benzene rings is 1. The summed E-state index contributed by atoms with van der Waals surface area (Å²) in [6.45, 7) is 6.01. The maximum atomic E-state index is 9.53. The van der Waals surface area contributed by atoms with E-state index in [1.165, 1.54) is 0 Å². The van der Waals surface area contributed by atoms with Crippen LogP contribution in [-0.2, 0) is 13.0 Å². The zero-order valence-electron chi connectivity index (χ0n) is 12.1. The zero-order valence-corrected chi connectivity index (χ0v) is 12.1. The summed E-state index contributed by atoms with van der Waals surface area (Å²) in [6.07, 6.45) is 1.32. The molecule has 0 amide bonds. The first-order valence-corrected chi connectivity index (χ1v) is 6.83. The van der Waals surface area contributed by atoms with Crippen LogP contribution in [0.3, 0.4) is 0 Å². The van der Waals surface area contributed by atoms with Gasteiger partial charge in [-0.05, 0) is 43.5 Å². The van der Waals surface area contributed by atoms with Crippen LogP contribution in [0, 0.1) is 6.92 Å². The summed E-state index contributed by atoms with van der Waals surface area (Å²) < 4.78 is 10.8. The molecule has 5 nitrogen and oxygen atoms in total. The van der Waals surface area contributed by atoms with Gasteiger partial charge in [0, 0.05) is 6.42 Å². The third kappa shape index (κ3) is 3.57. The van der Waals surface area contributed by atoms with Crippen molar-refractivity contribution in [1.29, 1.82) is 0 Å². The number of hydrogen-bond acceptors (Lipinski definition) is 5. The van der Waals surface area contributed by atoms with Crippen molar-refractivity contribution in [3.8, 4) is 5.75 Å². The molecule has 1 atom stereocenters. The lowest BCUT2D eigenvalue weighted by atomic mass is 10.1. The van der Waals surface area contributed by atoms with Crippen LogP contribution in [0.15, 0.2) is 22.7 Å². The second-order valence-electron chi connectivity index (χ2n) is 4.84. The number of ether oxygens (including phenoxy) is 1. The van der Waals surface area contributed by atoms with Crippen LogP contribution < -0.4 is 4.74 Å². The molecule has 108 valence electrons. The fourth-order valence-electron chi connectivity index (χ4n) is 1.91. The second kappa shape index (κ2) is 6.52. The number of aryl methyl sites for hydroxylation is 2. The normalized spacial score (nSPS) is 12.4. The molecule has 0 spiro atoms. The Bertz CT molecular complexity index is 564. The lowest BCUT2D eigenvalue weighted by Gasteiger charge is -2.10. The molecule has 1 aromatic heterocycles. The zero-order chi connectivity index (χ0) is 14.5. The van der Waals surface area contributed by atoms with Crippen molar-refractivity contribution < 1.29 is 14.4 Å². The van der Waals surface area contributed by atoms with E-state index in [2.05, 4.69) is 17.1 Å². The van der Waals surface area contributed by atoms with Crippen molar-refractivity contribution in [3.63, 3.8) is 0 Å². The van der Waals surface area contributed by atoms with Gasteiger partial charge in [-0.1, -0.05) is 18.1 Å². The van der Waals surface area contributed by atoms with Gasteiger partial charge in [0.15, 0.2) is 12.4 Å². The summed E-state index contributed by atoms with van der Waals surface area (Å²) in [5.41, 5.74) is 1.84. The van der Waals surface area contributed by atoms with Gasteiger partial charge in [-0.2, -0.15) is 4.98 Å². The predicted molar refractivity (Wildman–Crippen MR) is 74.4 cm³/mol. The number of rotatable bonds is 6. The Kier molecular flexibility index (Phi) is 4.74. The minimum Gasteiger partial charge on any atom is -0.483 e. The van der Waals surface area contributed by atoms with Gasteiger partial charge in [0.25, 0.3) is 5.89 Å². The van der Waals surface area contributed by atoms with E-state index in [0.29, 0.717) is 11.7 Å². The molecule has 0 aliphatic rings. The first kappa shape index (κ1) is 14.5. The Morgan fingerprint density at radius 3 is 2.85 bits per heavy atom.